The van der Waals surface area contributed by atoms with Gasteiger partial charge >= 0.3 is 0 Å². The number of nitrogens with zero attached hydrogens (tertiary/aromatic N) is 3. The Morgan fingerprint density at radius 3 is 2.59 bits per heavy atom. The molecule has 0 amide bonds. The Hall–Kier alpha value is -1.56. The van der Waals surface area contributed by atoms with Gasteiger partial charge in [-0.2, -0.15) is 0 Å². The van der Waals surface area contributed by atoms with Crippen LogP contribution in [0.3, 0.4) is 0 Å². The molecule has 0 aliphatic rings. The van der Waals surface area contributed by atoms with Crippen molar-refractivity contribution >= 4 is 16.7 Å². The number of halogens is 1. The van der Waals surface area contributed by atoms with Crippen LogP contribution >= 0.6 is 11.5 Å². The van der Waals surface area contributed by atoms with Crippen molar-refractivity contribution in [2.75, 3.05) is 11.9 Å². The molecule has 17 heavy (non-hydrogen) atoms. The molecule has 0 aliphatic carbocycles. The van der Waals surface area contributed by atoms with Gasteiger partial charge in [-0.05, 0) is 22.9 Å². The zero-order valence-electron chi connectivity index (χ0n) is 9.64. The third-order valence-corrected chi connectivity index (χ3v) is 3.16. The molecule has 0 spiro atoms. The normalized spacial score (nSPS) is 11.5. The van der Waals surface area contributed by atoms with Crippen LogP contribution in [-0.4, -0.2) is 21.3 Å². The molecular formula is C11H13FN4S. The van der Waals surface area contributed by atoms with Gasteiger partial charge in [0.25, 0.3) is 0 Å². The molecule has 0 radical (unpaired) electrons. The zero-order valence-corrected chi connectivity index (χ0v) is 10.5. The fraction of sp³-hybridized carbons (Fsp3) is 0.364. The number of anilines is 1. The third-order valence-electron chi connectivity index (χ3n) is 2.61. The van der Waals surface area contributed by atoms with E-state index in [9.17, 15) is 4.39 Å². The van der Waals surface area contributed by atoms with Crippen LogP contribution in [0.1, 0.15) is 19.4 Å². The molecule has 90 valence electrons. The van der Waals surface area contributed by atoms with Gasteiger partial charge < -0.3 is 5.32 Å². The van der Waals surface area contributed by atoms with Gasteiger partial charge in [0.2, 0.25) is 5.13 Å². The van der Waals surface area contributed by atoms with E-state index in [4.69, 9.17) is 0 Å². The monoisotopic (exact) mass is 252 g/mol. The largest absolute Gasteiger partial charge is 0.358 e. The van der Waals surface area contributed by atoms with Crippen LogP contribution in [0.15, 0.2) is 24.3 Å². The van der Waals surface area contributed by atoms with E-state index < -0.39 is 0 Å². The lowest BCUT2D eigenvalue weighted by atomic mass is 9.85. The first kappa shape index (κ1) is 11.9. The van der Waals surface area contributed by atoms with Gasteiger partial charge in [0.15, 0.2) is 0 Å². The average Bonchev–Trinajstić information content (AvgIpc) is 2.80. The second-order valence-electron chi connectivity index (χ2n) is 4.41. The molecule has 0 aliphatic heterocycles. The van der Waals surface area contributed by atoms with Crippen molar-refractivity contribution in [3.63, 3.8) is 0 Å². The smallest absolute Gasteiger partial charge is 0.225 e. The number of rotatable bonds is 4. The Kier molecular flexibility index (Phi) is 3.33. The quantitative estimate of drug-likeness (QED) is 0.908. The van der Waals surface area contributed by atoms with Crippen molar-refractivity contribution in [1.82, 2.24) is 14.8 Å². The number of hydrogen-bond donors (Lipinski definition) is 1. The van der Waals surface area contributed by atoms with E-state index in [2.05, 4.69) is 34.0 Å². The molecule has 1 heterocycles. The van der Waals surface area contributed by atoms with E-state index >= 15 is 0 Å². The first-order valence-electron chi connectivity index (χ1n) is 5.23. The molecule has 0 fully saturated rings. The molecule has 0 unspecified atom stereocenters. The number of nitrogens with one attached hydrogen (secondary N) is 1. The summed E-state index contributed by atoms with van der Waals surface area (Å²) < 4.78 is 16.5. The molecule has 2 rings (SSSR count). The van der Waals surface area contributed by atoms with Gasteiger partial charge in [-0.25, -0.2) is 4.39 Å². The molecule has 1 aromatic heterocycles. The Morgan fingerprint density at radius 1 is 1.29 bits per heavy atom. The van der Waals surface area contributed by atoms with Gasteiger partial charge in [0, 0.05) is 23.5 Å². The lowest BCUT2D eigenvalue weighted by molar-refractivity contribution is 0.553. The predicted octanol–water partition coefficient (Wildman–Crippen LogP) is 2.46. The van der Waals surface area contributed by atoms with Crippen molar-refractivity contribution in [2.45, 2.75) is 19.3 Å². The van der Waals surface area contributed by atoms with E-state index in [1.54, 1.807) is 12.1 Å². The molecule has 0 saturated carbocycles. The Morgan fingerprint density at radius 2 is 2.00 bits per heavy atom. The van der Waals surface area contributed by atoms with Crippen molar-refractivity contribution < 1.29 is 4.39 Å². The lowest BCUT2D eigenvalue weighted by Crippen LogP contribution is -2.27. The molecule has 2 aromatic rings. The molecule has 1 aromatic carbocycles. The first-order valence-corrected chi connectivity index (χ1v) is 6.00. The van der Waals surface area contributed by atoms with E-state index in [0.717, 1.165) is 5.56 Å². The molecular weight excluding hydrogens is 239 g/mol. The number of benzene rings is 1. The highest BCUT2D eigenvalue weighted by Crippen LogP contribution is 2.24. The summed E-state index contributed by atoms with van der Waals surface area (Å²) in [6, 6.07) is 6.55. The summed E-state index contributed by atoms with van der Waals surface area (Å²) in [5, 5.41) is 11.2. The van der Waals surface area contributed by atoms with Crippen molar-refractivity contribution in [1.29, 1.82) is 0 Å². The fourth-order valence-electron chi connectivity index (χ4n) is 1.50. The standard InChI is InChI=1S/C11H13FN4S/c1-11(2,7-13-10-14-15-16-17-10)8-3-5-9(12)6-4-8/h3-6H,7H2,1-2H3,(H,13,14,16). The van der Waals surface area contributed by atoms with E-state index in [-0.39, 0.29) is 11.2 Å². The van der Waals surface area contributed by atoms with Crippen LogP contribution in [0.2, 0.25) is 0 Å². The fourth-order valence-corrected chi connectivity index (χ4v) is 1.86. The third kappa shape index (κ3) is 2.97. The minimum atomic E-state index is -0.217. The van der Waals surface area contributed by atoms with E-state index in [1.807, 2.05) is 0 Å². The van der Waals surface area contributed by atoms with Crippen molar-refractivity contribution in [3.8, 4) is 0 Å². The van der Waals surface area contributed by atoms with Crippen LogP contribution in [0, 0.1) is 5.82 Å². The Bertz CT molecular complexity index is 467. The van der Waals surface area contributed by atoms with Gasteiger partial charge in [0.1, 0.15) is 5.82 Å². The summed E-state index contributed by atoms with van der Waals surface area (Å²) in [4.78, 5) is 0. The van der Waals surface area contributed by atoms with E-state index in [1.165, 1.54) is 23.7 Å². The molecule has 0 bridgehead atoms. The van der Waals surface area contributed by atoms with Crippen LogP contribution < -0.4 is 5.32 Å². The number of hydrogen-bond acceptors (Lipinski definition) is 5. The van der Waals surface area contributed by atoms with Crippen LogP contribution in [0.25, 0.3) is 0 Å². The van der Waals surface area contributed by atoms with Crippen molar-refractivity contribution in [3.05, 3.63) is 35.6 Å². The number of aromatic nitrogens is 3. The average molecular weight is 252 g/mol. The Labute approximate surface area is 103 Å². The summed E-state index contributed by atoms with van der Waals surface area (Å²) in [6.45, 7) is 4.86. The summed E-state index contributed by atoms with van der Waals surface area (Å²) in [7, 11) is 0. The summed E-state index contributed by atoms with van der Waals surface area (Å²) >= 11 is 1.22. The summed E-state index contributed by atoms with van der Waals surface area (Å²) in [6.07, 6.45) is 0. The minimum absolute atomic E-state index is 0.112. The van der Waals surface area contributed by atoms with Gasteiger partial charge in [0.05, 0.1) is 0 Å². The molecule has 0 saturated heterocycles. The maximum Gasteiger partial charge on any atom is 0.225 e. The maximum absolute atomic E-state index is 12.8. The first-order chi connectivity index (χ1) is 8.08. The molecule has 1 N–H and O–H groups in total. The molecule has 6 heteroatoms. The van der Waals surface area contributed by atoms with Gasteiger partial charge in [-0.15, -0.1) is 0 Å². The van der Waals surface area contributed by atoms with Gasteiger partial charge in [-0.1, -0.05) is 35.6 Å². The maximum atomic E-state index is 12.8. The SMILES string of the molecule is CC(C)(CNc1nnns1)c1ccc(F)cc1. The molecule has 0 atom stereocenters. The second-order valence-corrected chi connectivity index (χ2v) is 5.14. The zero-order chi connectivity index (χ0) is 12.3. The summed E-state index contributed by atoms with van der Waals surface area (Å²) in [5.74, 6) is -0.217. The minimum Gasteiger partial charge on any atom is -0.358 e. The highest BCUT2D eigenvalue weighted by atomic mass is 32.1. The Balaban J connectivity index is 2.05. The second kappa shape index (κ2) is 4.75. The molecule has 4 nitrogen and oxygen atoms in total. The van der Waals surface area contributed by atoms with Gasteiger partial charge in [-0.3, -0.25) is 0 Å². The van der Waals surface area contributed by atoms with E-state index in [0.29, 0.717) is 11.7 Å². The highest BCUT2D eigenvalue weighted by molar-refractivity contribution is 7.09. The van der Waals surface area contributed by atoms with Crippen LogP contribution in [0.4, 0.5) is 9.52 Å². The lowest BCUT2D eigenvalue weighted by Gasteiger charge is -2.25. The highest BCUT2D eigenvalue weighted by Gasteiger charge is 2.20. The van der Waals surface area contributed by atoms with Crippen molar-refractivity contribution in [2.24, 2.45) is 0 Å². The predicted molar refractivity (Wildman–Crippen MR) is 65.6 cm³/mol. The topological polar surface area (TPSA) is 50.7 Å². The van der Waals surface area contributed by atoms with Crippen LogP contribution in [-0.2, 0) is 5.41 Å². The van der Waals surface area contributed by atoms with Crippen LogP contribution in [0.5, 0.6) is 0 Å². The summed E-state index contributed by atoms with van der Waals surface area (Å²) in [5.41, 5.74) is 0.961.